The van der Waals surface area contributed by atoms with Gasteiger partial charge in [-0.3, -0.25) is 18.9 Å². The average Bonchev–Trinajstić information content (AvgIpc) is 3.43. The molecular weight excluding hydrogens is 316 g/mol. The van der Waals surface area contributed by atoms with Gasteiger partial charge in [0.2, 0.25) is 5.91 Å². The number of carbonyl (C=O) groups is 1. The van der Waals surface area contributed by atoms with Gasteiger partial charge in [-0.05, 0) is 44.2 Å². The maximum Gasteiger partial charge on any atom is 0.258 e. The van der Waals surface area contributed by atoms with Gasteiger partial charge in [-0.1, -0.05) is 6.07 Å². The molecule has 3 heterocycles. The van der Waals surface area contributed by atoms with Gasteiger partial charge in [0.15, 0.2) is 0 Å². The first kappa shape index (κ1) is 16.3. The van der Waals surface area contributed by atoms with Crippen molar-refractivity contribution in [1.82, 2.24) is 19.6 Å². The molecule has 0 bridgehead atoms. The predicted octanol–water partition coefficient (Wildman–Crippen LogP) is 1.49. The molecule has 2 aromatic heterocycles. The van der Waals surface area contributed by atoms with Crippen LogP contribution in [0.15, 0.2) is 29.2 Å². The number of nitrogens with zero attached hydrogens (tertiary/aromatic N) is 3. The lowest BCUT2D eigenvalue weighted by Crippen LogP contribution is -2.45. The minimum atomic E-state index is -0.0321. The number of piperidine rings is 1. The monoisotopic (exact) mass is 340 g/mol. The first-order valence-corrected chi connectivity index (χ1v) is 9.11. The molecule has 1 saturated heterocycles. The lowest BCUT2D eigenvalue weighted by atomic mass is 10.0. The highest BCUT2D eigenvalue weighted by Gasteiger charge is 2.31. The summed E-state index contributed by atoms with van der Waals surface area (Å²) in [5, 5.41) is 3.17. The van der Waals surface area contributed by atoms with Crippen molar-refractivity contribution in [2.45, 2.75) is 45.2 Å². The van der Waals surface area contributed by atoms with Crippen LogP contribution in [0.25, 0.3) is 5.65 Å². The molecule has 0 aromatic carbocycles. The molecule has 6 heteroatoms. The average molecular weight is 340 g/mol. The first-order chi connectivity index (χ1) is 12.1. The lowest BCUT2D eigenvalue weighted by Gasteiger charge is -2.32. The van der Waals surface area contributed by atoms with Crippen molar-refractivity contribution < 1.29 is 4.79 Å². The Morgan fingerprint density at radius 3 is 2.76 bits per heavy atom. The van der Waals surface area contributed by atoms with Gasteiger partial charge in [-0.15, -0.1) is 0 Å². The van der Waals surface area contributed by atoms with Gasteiger partial charge in [0, 0.05) is 43.9 Å². The number of likely N-dealkylation sites (tertiary alicyclic amines) is 1. The smallest absolute Gasteiger partial charge is 0.258 e. The van der Waals surface area contributed by atoms with E-state index in [1.54, 1.807) is 16.7 Å². The molecule has 25 heavy (non-hydrogen) atoms. The number of aromatic nitrogens is 2. The van der Waals surface area contributed by atoms with E-state index in [4.69, 9.17) is 0 Å². The highest BCUT2D eigenvalue weighted by Crippen LogP contribution is 2.29. The van der Waals surface area contributed by atoms with Gasteiger partial charge >= 0.3 is 0 Å². The van der Waals surface area contributed by atoms with Crippen LogP contribution < -0.4 is 10.9 Å². The Hall–Kier alpha value is -2.21. The molecule has 132 valence electrons. The third-order valence-electron chi connectivity index (χ3n) is 5.21. The standard InChI is InChI=1S/C19H24N4O2/c1-13-3-2-8-23-17(24)11-16(20-18(13)23)12-22-9-6-15(7-10-22)21-19(25)14-4-5-14/h2-3,8,11,14-15H,4-7,9-10,12H2,1H3,(H,21,25). The molecule has 2 fully saturated rings. The van der Waals surface area contributed by atoms with Gasteiger partial charge in [-0.25, -0.2) is 4.98 Å². The first-order valence-electron chi connectivity index (χ1n) is 9.11. The molecule has 1 saturated carbocycles. The summed E-state index contributed by atoms with van der Waals surface area (Å²) in [6, 6.07) is 5.76. The highest BCUT2D eigenvalue weighted by molar-refractivity contribution is 5.81. The zero-order valence-electron chi connectivity index (χ0n) is 14.6. The van der Waals surface area contributed by atoms with Crippen molar-refractivity contribution >= 4 is 11.6 Å². The zero-order valence-corrected chi connectivity index (χ0v) is 14.6. The Morgan fingerprint density at radius 2 is 2.04 bits per heavy atom. The van der Waals surface area contributed by atoms with Crippen LogP contribution in [-0.2, 0) is 11.3 Å². The van der Waals surface area contributed by atoms with E-state index in [1.807, 2.05) is 19.1 Å². The third-order valence-corrected chi connectivity index (χ3v) is 5.21. The van der Waals surface area contributed by atoms with E-state index in [0.29, 0.717) is 12.6 Å². The summed E-state index contributed by atoms with van der Waals surface area (Å²) in [6.45, 7) is 4.50. The van der Waals surface area contributed by atoms with Crippen molar-refractivity contribution in [2.24, 2.45) is 5.92 Å². The van der Waals surface area contributed by atoms with E-state index >= 15 is 0 Å². The van der Waals surface area contributed by atoms with E-state index in [2.05, 4.69) is 15.2 Å². The van der Waals surface area contributed by atoms with E-state index < -0.39 is 0 Å². The summed E-state index contributed by atoms with van der Waals surface area (Å²) in [6.07, 6.45) is 5.78. The van der Waals surface area contributed by atoms with Gasteiger partial charge in [-0.2, -0.15) is 0 Å². The fourth-order valence-corrected chi connectivity index (χ4v) is 3.52. The van der Waals surface area contributed by atoms with Crippen LogP contribution in [0, 0.1) is 12.8 Å². The van der Waals surface area contributed by atoms with E-state index in [-0.39, 0.29) is 17.4 Å². The molecule has 0 unspecified atom stereocenters. The van der Waals surface area contributed by atoms with Crippen molar-refractivity contribution in [3.05, 3.63) is 46.0 Å². The summed E-state index contributed by atoms with van der Waals surface area (Å²) in [5.41, 5.74) is 2.52. The van der Waals surface area contributed by atoms with Crippen LogP contribution in [0.4, 0.5) is 0 Å². The molecule has 0 spiro atoms. The molecule has 0 atom stereocenters. The summed E-state index contributed by atoms with van der Waals surface area (Å²) in [7, 11) is 0. The van der Waals surface area contributed by atoms with Gasteiger partial charge in [0.05, 0.1) is 5.69 Å². The Kier molecular flexibility index (Phi) is 4.29. The molecule has 1 N–H and O–H groups in total. The molecule has 1 aliphatic carbocycles. The number of hydrogen-bond donors (Lipinski definition) is 1. The topological polar surface area (TPSA) is 66.7 Å². The number of pyridine rings is 1. The Balaban J connectivity index is 1.40. The number of fused-ring (bicyclic) bond motifs is 1. The van der Waals surface area contributed by atoms with Crippen LogP contribution in [0.3, 0.4) is 0 Å². The molecule has 0 radical (unpaired) electrons. The summed E-state index contributed by atoms with van der Waals surface area (Å²) < 4.78 is 1.60. The fraction of sp³-hybridized carbons (Fsp3) is 0.526. The molecule has 4 rings (SSSR count). The SMILES string of the molecule is Cc1cccn2c(=O)cc(CN3CCC(NC(=O)C4CC4)CC3)nc12. The molecule has 2 aliphatic rings. The number of aryl methyl sites for hydroxylation is 1. The second-order valence-electron chi connectivity index (χ2n) is 7.30. The summed E-state index contributed by atoms with van der Waals surface area (Å²) >= 11 is 0. The highest BCUT2D eigenvalue weighted by atomic mass is 16.2. The van der Waals surface area contributed by atoms with Gasteiger partial charge in [0.1, 0.15) is 5.65 Å². The van der Waals surface area contributed by atoms with E-state index in [1.165, 1.54) is 0 Å². The van der Waals surface area contributed by atoms with Crippen LogP contribution in [0.1, 0.15) is 36.9 Å². The number of carbonyl (C=O) groups excluding carboxylic acids is 1. The molecular formula is C19H24N4O2. The van der Waals surface area contributed by atoms with Crippen LogP contribution in [0.5, 0.6) is 0 Å². The maximum absolute atomic E-state index is 12.3. The van der Waals surface area contributed by atoms with Gasteiger partial charge in [0.25, 0.3) is 5.56 Å². The summed E-state index contributed by atoms with van der Waals surface area (Å²) in [4.78, 5) is 31.2. The van der Waals surface area contributed by atoms with Crippen LogP contribution in [-0.4, -0.2) is 39.3 Å². The van der Waals surface area contributed by atoms with Crippen molar-refractivity contribution in [1.29, 1.82) is 0 Å². The number of amides is 1. The van der Waals surface area contributed by atoms with Crippen LogP contribution in [0.2, 0.25) is 0 Å². The lowest BCUT2D eigenvalue weighted by molar-refractivity contribution is -0.123. The number of rotatable bonds is 4. The summed E-state index contributed by atoms with van der Waals surface area (Å²) in [5.74, 6) is 0.509. The van der Waals surface area contributed by atoms with Crippen molar-refractivity contribution in [3.8, 4) is 0 Å². The molecule has 1 amide bonds. The second-order valence-corrected chi connectivity index (χ2v) is 7.30. The van der Waals surface area contributed by atoms with Gasteiger partial charge < -0.3 is 5.32 Å². The Bertz CT molecular complexity index is 848. The fourth-order valence-electron chi connectivity index (χ4n) is 3.52. The second kappa shape index (κ2) is 6.59. The predicted molar refractivity (Wildman–Crippen MR) is 95.4 cm³/mol. The molecule has 6 nitrogen and oxygen atoms in total. The third kappa shape index (κ3) is 3.58. The minimum Gasteiger partial charge on any atom is -0.353 e. The molecule has 1 aliphatic heterocycles. The minimum absolute atomic E-state index is 0.0321. The van der Waals surface area contributed by atoms with E-state index in [9.17, 15) is 9.59 Å². The zero-order chi connectivity index (χ0) is 17.4. The Labute approximate surface area is 146 Å². The number of nitrogens with one attached hydrogen (secondary N) is 1. The maximum atomic E-state index is 12.3. The Morgan fingerprint density at radius 1 is 1.28 bits per heavy atom. The quantitative estimate of drug-likeness (QED) is 0.916. The van der Waals surface area contributed by atoms with Crippen LogP contribution >= 0.6 is 0 Å². The molecule has 2 aromatic rings. The van der Waals surface area contributed by atoms with E-state index in [0.717, 1.165) is 55.7 Å². The number of hydrogen-bond acceptors (Lipinski definition) is 4. The normalized spacial score (nSPS) is 19.2. The van der Waals surface area contributed by atoms with Crippen molar-refractivity contribution in [2.75, 3.05) is 13.1 Å². The van der Waals surface area contributed by atoms with Crippen molar-refractivity contribution in [3.63, 3.8) is 0 Å². The largest absolute Gasteiger partial charge is 0.353 e.